The molecule has 120 valence electrons. The first-order chi connectivity index (χ1) is 10.6. The molecule has 0 aliphatic heterocycles. The highest BCUT2D eigenvalue weighted by Gasteiger charge is 2.19. The minimum absolute atomic E-state index is 0.0607. The lowest BCUT2D eigenvalue weighted by atomic mass is 10.1. The molecule has 1 aromatic carbocycles. The largest absolute Gasteiger partial charge is 0.396 e. The number of nitrogens with one attached hydrogen (secondary N) is 2. The topological polar surface area (TPSA) is 70.6 Å². The lowest BCUT2D eigenvalue weighted by Crippen LogP contribution is -2.40. The zero-order valence-corrected chi connectivity index (χ0v) is 12.5. The van der Waals surface area contributed by atoms with Gasteiger partial charge in [-0.15, -0.1) is 0 Å². The molecule has 3 N–H and O–H groups in total. The van der Waals surface area contributed by atoms with Crippen LogP contribution in [0.15, 0.2) is 30.4 Å². The highest BCUT2D eigenvalue weighted by atomic mass is 19.1. The van der Waals surface area contributed by atoms with E-state index in [1.54, 1.807) is 12.1 Å². The standard InChI is InChI=1S/C16H21FN2O3/c1-22-10-13-6-11(3-5-15(13)17)8-18-16(21)19-14-4-2-12(7-14)9-20/h2-6,12,14,20H,7-10H2,1H3,(H2,18,19,21)/t12-,14+/m0/s1. The van der Waals surface area contributed by atoms with E-state index in [-0.39, 0.29) is 37.0 Å². The third kappa shape index (κ3) is 4.54. The van der Waals surface area contributed by atoms with Gasteiger partial charge in [0, 0.05) is 37.8 Å². The Morgan fingerprint density at radius 3 is 2.95 bits per heavy atom. The Morgan fingerprint density at radius 2 is 2.27 bits per heavy atom. The Hall–Kier alpha value is -1.92. The van der Waals surface area contributed by atoms with Gasteiger partial charge in [0.2, 0.25) is 0 Å². The monoisotopic (exact) mass is 308 g/mol. The molecule has 1 aromatic rings. The molecule has 0 bridgehead atoms. The number of urea groups is 1. The van der Waals surface area contributed by atoms with Gasteiger partial charge >= 0.3 is 6.03 Å². The fourth-order valence-electron chi connectivity index (χ4n) is 2.42. The number of aliphatic hydroxyl groups excluding tert-OH is 1. The van der Waals surface area contributed by atoms with E-state index >= 15 is 0 Å². The van der Waals surface area contributed by atoms with Crippen molar-refractivity contribution in [3.8, 4) is 0 Å². The van der Waals surface area contributed by atoms with Gasteiger partial charge in [-0.3, -0.25) is 0 Å². The normalized spacial score (nSPS) is 20.1. The van der Waals surface area contributed by atoms with Gasteiger partial charge in [-0.2, -0.15) is 0 Å². The smallest absolute Gasteiger partial charge is 0.315 e. The number of benzene rings is 1. The maximum Gasteiger partial charge on any atom is 0.315 e. The van der Waals surface area contributed by atoms with Crippen molar-refractivity contribution < 1.29 is 19.0 Å². The second-order valence-electron chi connectivity index (χ2n) is 5.36. The molecule has 1 aliphatic carbocycles. The third-order valence-corrected chi connectivity index (χ3v) is 3.59. The molecular weight excluding hydrogens is 287 g/mol. The van der Waals surface area contributed by atoms with Crippen LogP contribution in [0.3, 0.4) is 0 Å². The van der Waals surface area contributed by atoms with E-state index in [1.807, 2.05) is 12.2 Å². The molecule has 0 radical (unpaired) electrons. The molecule has 6 heteroatoms. The van der Waals surface area contributed by atoms with Gasteiger partial charge in [0.1, 0.15) is 5.82 Å². The molecule has 2 rings (SSSR count). The lowest BCUT2D eigenvalue weighted by molar-refractivity contribution is 0.181. The Bertz CT molecular complexity index is 548. The zero-order valence-electron chi connectivity index (χ0n) is 12.5. The fourth-order valence-corrected chi connectivity index (χ4v) is 2.42. The van der Waals surface area contributed by atoms with E-state index < -0.39 is 0 Å². The van der Waals surface area contributed by atoms with E-state index in [9.17, 15) is 9.18 Å². The van der Waals surface area contributed by atoms with Crippen molar-refractivity contribution in [3.05, 3.63) is 47.3 Å². The van der Waals surface area contributed by atoms with Gasteiger partial charge < -0.3 is 20.5 Å². The minimum Gasteiger partial charge on any atom is -0.396 e. The number of aliphatic hydroxyl groups is 1. The maximum absolute atomic E-state index is 13.5. The number of halogens is 1. The quantitative estimate of drug-likeness (QED) is 0.701. The summed E-state index contributed by atoms with van der Waals surface area (Å²) in [5, 5.41) is 14.6. The molecule has 0 aromatic heterocycles. The molecule has 2 amide bonds. The molecular formula is C16H21FN2O3. The Balaban J connectivity index is 1.81. The molecule has 22 heavy (non-hydrogen) atoms. The van der Waals surface area contributed by atoms with Crippen LogP contribution < -0.4 is 10.6 Å². The zero-order chi connectivity index (χ0) is 15.9. The summed E-state index contributed by atoms with van der Waals surface area (Å²) in [7, 11) is 1.51. The Labute approximate surface area is 129 Å². The molecule has 0 saturated carbocycles. The van der Waals surface area contributed by atoms with Crippen molar-refractivity contribution >= 4 is 6.03 Å². The van der Waals surface area contributed by atoms with Crippen LogP contribution in [-0.2, 0) is 17.9 Å². The molecule has 2 atom stereocenters. The summed E-state index contributed by atoms with van der Waals surface area (Å²) >= 11 is 0. The average Bonchev–Trinajstić information content (AvgIpc) is 2.96. The van der Waals surface area contributed by atoms with E-state index in [2.05, 4.69) is 10.6 Å². The maximum atomic E-state index is 13.5. The number of hydrogen-bond acceptors (Lipinski definition) is 3. The summed E-state index contributed by atoms with van der Waals surface area (Å²) in [6.07, 6.45) is 4.50. The first-order valence-corrected chi connectivity index (χ1v) is 7.22. The Morgan fingerprint density at radius 1 is 1.45 bits per heavy atom. The van der Waals surface area contributed by atoms with Crippen LogP contribution in [0.25, 0.3) is 0 Å². The third-order valence-electron chi connectivity index (χ3n) is 3.59. The van der Waals surface area contributed by atoms with Crippen LogP contribution in [-0.4, -0.2) is 30.9 Å². The van der Waals surface area contributed by atoms with Gasteiger partial charge in [-0.1, -0.05) is 18.2 Å². The van der Waals surface area contributed by atoms with Crippen LogP contribution in [0, 0.1) is 11.7 Å². The molecule has 1 aliphatic rings. The summed E-state index contributed by atoms with van der Waals surface area (Å²) in [6, 6.07) is 4.33. The first kappa shape index (κ1) is 16.5. The van der Waals surface area contributed by atoms with Gasteiger partial charge in [0.05, 0.1) is 6.61 Å². The lowest BCUT2D eigenvalue weighted by Gasteiger charge is -2.14. The van der Waals surface area contributed by atoms with Crippen molar-refractivity contribution in [1.29, 1.82) is 0 Å². The van der Waals surface area contributed by atoms with Gasteiger partial charge in [0.25, 0.3) is 0 Å². The number of ether oxygens (including phenoxy) is 1. The molecule has 0 heterocycles. The van der Waals surface area contributed by atoms with Crippen molar-refractivity contribution in [2.24, 2.45) is 5.92 Å². The van der Waals surface area contributed by atoms with Crippen molar-refractivity contribution in [2.45, 2.75) is 25.6 Å². The second kappa shape index (κ2) is 7.91. The number of hydrogen-bond donors (Lipinski definition) is 3. The highest BCUT2D eigenvalue weighted by molar-refractivity contribution is 5.74. The van der Waals surface area contributed by atoms with Gasteiger partial charge in [0.15, 0.2) is 0 Å². The van der Waals surface area contributed by atoms with Crippen LogP contribution >= 0.6 is 0 Å². The molecule has 0 saturated heterocycles. The van der Waals surface area contributed by atoms with Gasteiger partial charge in [-0.25, -0.2) is 9.18 Å². The predicted molar refractivity (Wildman–Crippen MR) is 80.6 cm³/mol. The van der Waals surface area contributed by atoms with Crippen molar-refractivity contribution in [3.63, 3.8) is 0 Å². The minimum atomic E-state index is -0.318. The number of carbonyl (C=O) groups excluding carboxylic acids is 1. The molecule has 5 nitrogen and oxygen atoms in total. The predicted octanol–water partition coefficient (Wildman–Crippen LogP) is 1.71. The van der Waals surface area contributed by atoms with Gasteiger partial charge in [-0.05, 0) is 24.1 Å². The number of carbonyl (C=O) groups is 1. The van der Waals surface area contributed by atoms with Crippen LogP contribution in [0.4, 0.5) is 9.18 Å². The molecule has 0 unspecified atom stereocenters. The fraction of sp³-hybridized carbons (Fsp3) is 0.438. The highest BCUT2D eigenvalue weighted by Crippen LogP contribution is 2.16. The number of rotatable bonds is 6. The summed E-state index contributed by atoms with van der Waals surface area (Å²) in [5.41, 5.74) is 1.27. The summed E-state index contributed by atoms with van der Waals surface area (Å²) in [6.45, 7) is 0.595. The summed E-state index contributed by atoms with van der Waals surface area (Å²) < 4.78 is 18.4. The Kier molecular flexibility index (Phi) is 5.91. The van der Waals surface area contributed by atoms with Crippen molar-refractivity contribution in [2.75, 3.05) is 13.7 Å². The van der Waals surface area contributed by atoms with Crippen LogP contribution in [0.5, 0.6) is 0 Å². The molecule has 0 fully saturated rings. The van der Waals surface area contributed by atoms with Crippen LogP contribution in [0.1, 0.15) is 17.5 Å². The average molecular weight is 308 g/mol. The second-order valence-corrected chi connectivity index (χ2v) is 5.36. The SMILES string of the molecule is COCc1cc(CNC(=O)N[C@@H]2C=C[C@H](CO)C2)ccc1F. The van der Waals surface area contributed by atoms with E-state index in [0.29, 0.717) is 18.5 Å². The van der Waals surface area contributed by atoms with Crippen LogP contribution in [0.2, 0.25) is 0 Å². The van der Waals surface area contributed by atoms with E-state index in [0.717, 1.165) is 5.56 Å². The van der Waals surface area contributed by atoms with E-state index in [4.69, 9.17) is 9.84 Å². The summed E-state index contributed by atoms with van der Waals surface area (Å²) in [4.78, 5) is 11.8. The van der Waals surface area contributed by atoms with Crippen molar-refractivity contribution in [1.82, 2.24) is 10.6 Å². The number of methoxy groups -OCH3 is 1. The number of amides is 2. The summed E-state index contributed by atoms with van der Waals surface area (Å²) in [5.74, 6) is -0.208. The van der Waals surface area contributed by atoms with E-state index in [1.165, 1.54) is 13.2 Å². The first-order valence-electron chi connectivity index (χ1n) is 7.22. The molecule has 0 spiro atoms.